The molecule has 0 nitrogen and oxygen atoms in total. The molecule has 0 amide bonds. The Labute approximate surface area is 98.2 Å². The Kier molecular flexibility index (Phi) is 10.7. The van der Waals surface area contributed by atoms with Gasteiger partial charge in [-0.05, 0) is 0 Å². The van der Waals surface area contributed by atoms with Gasteiger partial charge in [0, 0.05) is 0 Å². The first-order valence-corrected chi connectivity index (χ1v) is 11.7. The molecule has 0 spiro atoms. The van der Waals surface area contributed by atoms with E-state index in [1.807, 2.05) is 0 Å². The third-order valence-electron chi connectivity index (χ3n) is 0. The first-order chi connectivity index (χ1) is 2.00. The van der Waals surface area contributed by atoms with Crippen LogP contribution in [0.5, 0.6) is 0 Å². The summed E-state index contributed by atoms with van der Waals surface area (Å²) in [5, 5.41) is 0. The average molecular weight is 376 g/mol. The first-order valence-electron chi connectivity index (χ1n) is 0.478. The van der Waals surface area contributed by atoms with E-state index in [0.717, 1.165) is 0 Å². The molecule has 6 heavy (non-hydrogen) atoms. The minimum Gasteiger partial charge on any atom is 1.00 e. The average Bonchev–Trinajstić information content (AvgIpc) is 0.722. The smallest absolute Gasteiger partial charge is 1.00 e. The van der Waals surface area contributed by atoms with Crippen molar-refractivity contribution in [2.75, 3.05) is 0 Å². The number of rotatable bonds is 0. The summed E-state index contributed by atoms with van der Waals surface area (Å²) >= 11 is -3.06. The van der Waals surface area contributed by atoms with E-state index in [9.17, 15) is 0 Å². The molecule has 0 aromatic rings. The molecule has 0 aromatic heterocycles. The van der Waals surface area contributed by atoms with E-state index in [4.69, 9.17) is 37.7 Å². The molecule has 0 atom stereocenters. The molecule has 6 heteroatoms. The van der Waals surface area contributed by atoms with Gasteiger partial charge in [-0.15, -0.1) is 0 Å². The monoisotopic (exact) mass is 374 g/mol. The standard InChI is InChI=1S/4ClH.K.Pt/h4*1H;;/q;;;;+1;+4/p-4. The maximum Gasteiger partial charge on any atom is 1.00 e. The molecule has 0 aliphatic carbocycles. The van der Waals surface area contributed by atoms with Crippen LogP contribution in [0, 0.1) is 0 Å². The van der Waals surface area contributed by atoms with Crippen molar-refractivity contribution in [1.82, 2.24) is 0 Å². The van der Waals surface area contributed by atoms with Crippen molar-refractivity contribution in [3.05, 3.63) is 0 Å². The van der Waals surface area contributed by atoms with Gasteiger partial charge in [-0.2, -0.15) is 0 Å². The zero-order valence-corrected chi connectivity index (χ0v) is 11.2. The van der Waals surface area contributed by atoms with Crippen molar-refractivity contribution in [1.29, 1.82) is 0 Å². The fourth-order valence-electron chi connectivity index (χ4n) is 0. The van der Waals surface area contributed by atoms with Crippen molar-refractivity contribution < 1.29 is 63.3 Å². The van der Waals surface area contributed by atoms with E-state index >= 15 is 0 Å². The Bertz CT molecular complexity index is 23.0. The van der Waals surface area contributed by atoms with Crippen molar-refractivity contribution >= 4 is 37.7 Å². The van der Waals surface area contributed by atoms with Gasteiger partial charge < -0.3 is 0 Å². The second kappa shape index (κ2) is 5.28. The van der Waals surface area contributed by atoms with E-state index in [0.29, 0.717) is 0 Å². The van der Waals surface area contributed by atoms with E-state index in [1.54, 1.807) is 0 Å². The van der Waals surface area contributed by atoms with Gasteiger partial charge in [0.1, 0.15) is 0 Å². The summed E-state index contributed by atoms with van der Waals surface area (Å²) in [5.74, 6) is 0. The van der Waals surface area contributed by atoms with Gasteiger partial charge in [-0.3, -0.25) is 0 Å². The molecular formula is Cl4KPt+. The van der Waals surface area contributed by atoms with Gasteiger partial charge >= 0.3 is 101 Å². The van der Waals surface area contributed by atoms with E-state index in [1.165, 1.54) is 0 Å². The van der Waals surface area contributed by atoms with Gasteiger partial charge in [0.25, 0.3) is 0 Å². The van der Waals surface area contributed by atoms with E-state index in [2.05, 4.69) is 0 Å². The van der Waals surface area contributed by atoms with Crippen LogP contribution in [-0.2, 0) is 11.9 Å². The molecule has 0 saturated carbocycles. The third kappa shape index (κ3) is 25.9. The Balaban J connectivity index is 0. The van der Waals surface area contributed by atoms with Gasteiger partial charge in [0.05, 0.1) is 0 Å². The van der Waals surface area contributed by atoms with Gasteiger partial charge in [0.15, 0.2) is 0 Å². The molecular weight excluding hydrogens is 376 g/mol. The van der Waals surface area contributed by atoms with Gasteiger partial charge in [-0.25, -0.2) is 0 Å². The Morgan fingerprint density at radius 3 is 0.833 bits per heavy atom. The minimum absolute atomic E-state index is 0. The maximum absolute atomic E-state index is 5.01. The quantitative estimate of drug-likeness (QED) is 0.513. The predicted molar refractivity (Wildman–Crippen MR) is 23.4 cm³/mol. The largest absolute Gasteiger partial charge is 1.00 e. The number of hydrogen-bond donors (Lipinski definition) is 0. The Morgan fingerprint density at radius 2 is 0.833 bits per heavy atom. The minimum atomic E-state index is -3.06. The van der Waals surface area contributed by atoms with Crippen molar-refractivity contribution in [3.63, 3.8) is 0 Å². The van der Waals surface area contributed by atoms with E-state index < -0.39 is 11.9 Å². The summed E-state index contributed by atoms with van der Waals surface area (Å²) < 4.78 is 0. The molecule has 38 valence electrons. The van der Waals surface area contributed by atoms with Crippen molar-refractivity contribution in [2.45, 2.75) is 0 Å². The van der Waals surface area contributed by atoms with Crippen LogP contribution < -0.4 is 51.4 Å². The molecule has 0 heterocycles. The summed E-state index contributed by atoms with van der Waals surface area (Å²) in [5.41, 5.74) is 0. The molecule has 0 saturated heterocycles. The summed E-state index contributed by atoms with van der Waals surface area (Å²) in [4.78, 5) is 0. The van der Waals surface area contributed by atoms with Crippen LogP contribution in [0.2, 0.25) is 0 Å². The van der Waals surface area contributed by atoms with Crippen LogP contribution in [0.25, 0.3) is 0 Å². The van der Waals surface area contributed by atoms with Crippen LogP contribution in [0.3, 0.4) is 0 Å². The van der Waals surface area contributed by atoms with Crippen LogP contribution in [0.15, 0.2) is 0 Å². The molecule has 0 aliphatic heterocycles. The summed E-state index contributed by atoms with van der Waals surface area (Å²) in [7, 11) is 20.0. The number of halogens is 4. The summed E-state index contributed by atoms with van der Waals surface area (Å²) in [6.45, 7) is 0. The predicted octanol–water partition coefficient (Wildman–Crippen LogP) is -0.241. The summed E-state index contributed by atoms with van der Waals surface area (Å²) in [6, 6.07) is 0. The molecule has 0 unspecified atom stereocenters. The first kappa shape index (κ1) is 12.2. The van der Waals surface area contributed by atoms with Crippen molar-refractivity contribution in [2.24, 2.45) is 0 Å². The van der Waals surface area contributed by atoms with Crippen LogP contribution >= 0.6 is 37.7 Å². The molecule has 0 fully saturated rings. The maximum atomic E-state index is 5.01. The molecule has 0 rings (SSSR count). The molecule has 0 bridgehead atoms. The van der Waals surface area contributed by atoms with Crippen molar-refractivity contribution in [3.8, 4) is 0 Å². The zero-order valence-electron chi connectivity index (χ0n) is 2.83. The fraction of sp³-hybridized carbons (Fsp3) is 0. The Hall–Kier alpha value is 3.48. The van der Waals surface area contributed by atoms with E-state index in [-0.39, 0.29) is 51.4 Å². The Morgan fingerprint density at radius 1 is 0.833 bits per heavy atom. The second-order valence-electron chi connectivity index (χ2n) is 0.271. The zero-order chi connectivity index (χ0) is 4.50. The van der Waals surface area contributed by atoms with Crippen LogP contribution in [0.1, 0.15) is 0 Å². The molecule has 0 N–H and O–H groups in total. The van der Waals surface area contributed by atoms with Crippen LogP contribution in [0.4, 0.5) is 0 Å². The van der Waals surface area contributed by atoms with Gasteiger partial charge in [0.2, 0.25) is 0 Å². The fourth-order valence-corrected chi connectivity index (χ4v) is 0. The summed E-state index contributed by atoms with van der Waals surface area (Å²) in [6.07, 6.45) is 0. The topological polar surface area (TPSA) is 0 Å². The molecule has 0 aliphatic rings. The third-order valence-corrected chi connectivity index (χ3v) is 0. The normalized spacial score (nSPS) is 12.7. The van der Waals surface area contributed by atoms with Crippen LogP contribution in [-0.4, -0.2) is 0 Å². The molecule has 0 radical (unpaired) electrons. The van der Waals surface area contributed by atoms with Gasteiger partial charge in [-0.1, -0.05) is 0 Å². The second-order valence-corrected chi connectivity index (χ2v) is 20.0. The SMILES string of the molecule is [Cl][Pt]([Cl])([Cl])[Cl].[K+]. The molecule has 0 aromatic carbocycles. The number of hydrogen-bond acceptors (Lipinski definition) is 0.